The highest BCUT2D eigenvalue weighted by Gasteiger charge is 2.28. The van der Waals surface area contributed by atoms with Gasteiger partial charge in [0.15, 0.2) is 5.96 Å². The summed E-state index contributed by atoms with van der Waals surface area (Å²) in [7, 11) is 3.55. The average molecular weight is 410 g/mol. The molecule has 1 amide bonds. The van der Waals surface area contributed by atoms with Crippen LogP contribution in [-0.2, 0) is 16.6 Å². The number of rotatable bonds is 10. The Morgan fingerprint density at radius 3 is 2.37 bits per heavy atom. The van der Waals surface area contributed by atoms with Crippen molar-refractivity contribution in [3.05, 3.63) is 66.0 Å². The van der Waals surface area contributed by atoms with Gasteiger partial charge in [0, 0.05) is 50.9 Å². The van der Waals surface area contributed by atoms with Gasteiger partial charge >= 0.3 is 0 Å². The van der Waals surface area contributed by atoms with Crippen LogP contribution in [-0.4, -0.2) is 55.5 Å². The van der Waals surface area contributed by atoms with Gasteiger partial charge in [0.05, 0.1) is 6.54 Å². The number of aliphatic imine (C=N–C) groups is 1. The number of pyridine rings is 1. The Morgan fingerprint density at radius 1 is 1.07 bits per heavy atom. The maximum atomic E-state index is 12.5. The lowest BCUT2D eigenvalue weighted by atomic mass is 9.76. The number of benzene rings is 1. The standard InChI is InChI=1S/C24H35N5O/c1-5-24(6-2,20-12-8-7-9-13-20)19-28-23(25-3)27-18-22(30)29(4)17-15-21-14-10-11-16-26-21/h7-14,16H,5-6,15,17-19H2,1-4H3,(H2,25,27,28). The van der Waals surface area contributed by atoms with Crippen LogP contribution in [0.25, 0.3) is 0 Å². The molecule has 0 aliphatic heterocycles. The quantitative estimate of drug-likeness (QED) is 0.468. The van der Waals surface area contributed by atoms with E-state index in [0.717, 1.165) is 31.5 Å². The van der Waals surface area contributed by atoms with E-state index in [-0.39, 0.29) is 17.9 Å². The van der Waals surface area contributed by atoms with E-state index in [0.29, 0.717) is 12.5 Å². The van der Waals surface area contributed by atoms with Gasteiger partial charge in [-0.1, -0.05) is 50.2 Å². The van der Waals surface area contributed by atoms with Crippen molar-refractivity contribution in [3.63, 3.8) is 0 Å². The fourth-order valence-corrected chi connectivity index (χ4v) is 3.52. The molecule has 0 bridgehead atoms. The molecule has 1 heterocycles. The van der Waals surface area contributed by atoms with Crippen LogP contribution in [0.15, 0.2) is 59.7 Å². The summed E-state index contributed by atoms with van der Waals surface area (Å²) in [6, 6.07) is 16.4. The minimum atomic E-state index is 0.0224. The van der Waals surface area contributed by atoms with E-state index in [2.05, 4.69) is 58.7 Å². The van der Waals surface area contributed by atoms with Gasteiger partial charge in [0.2, 0.25) is 5.91 Å². The highest BCUT2D eigenvalue weighted by Crippen LogP contribution is 2.30. The van der Waals surface area contributed by atoms with Crippen LogP contribution in [0.3, 0.4) is 0 Å². The molecule has 0 fully saturated rings. The van der Waals surface area contributed by atoms with Gasteiger partial charge in [-0.05, 0) is 30.5 Å². The van der Waals surface area contributed by atoms with E-state index in [1.54, 1.807) is 18.1 Å². The van der Waals surface area contributed by atoms with Gasteiger partial charge in [-0.25, -0.2) is 0 Å². The fraction of sp³-hybridized carbons (Fsp3) is 0.458. The van der Waals surface area contributed by atoms with Crippen molar-refractivity contribution in [3.8, 4) is 0 Å². The normalized spacial score (nSPS) is 11.8. The summed E-state index contributed by atoms with van der Waals surface area (Å²) in [6.45, 7) is 6.03. The fourth-order valence-electron chi connectivity index (χ4n) is 3.52. The Hall–Kier alpha value is -2.89. The second-order valence-corrected chi connectivity index (χ2v) is 7.52. The minimum absolute atomic E-state index is 0.0224. The minimum Gasteiger partial charge on any atom is -0.356 e. The van der Waals surface area contributed by atoms with E-state index in [1.807, 2.05) is 31.3 Å². The summed E-state index contributed by atoms with van der Waals surface area (Å²) < 4.78 is 0. The van der Waals surface area contributed by atoms with Crippen LogP contribution in [0.2, 0.25) is 0 Å². The number of aromatic nitrogens is 1. The number of nitrogens with one attached hydrogen (secondary N) is 2. The summed E-state index contributed by atoms with van der Waals surface area (Å²) in [5.74, 6) is 0.665. The van der Waals surface area contributed by atoms with Crippen LogP contribution >= 0.6 is 0 Å². The third-order valence-electron chi connectivity index (χ3n) is 5.82. The van der Waals surface area contributed by atoms with E-state index in [1.165, 1.54) is 5.56 Å². The van der Waals surface area contributed by atoms with Crippen molar-refractivity contribution in [2.75, 3.05) is 33.7 Å². The number of carbonyl (C=O) groups is 1. The molecule has 2 rings (SSSR count). The zero-order valence-electron chi connectivity index (χ0n) is 18.7. The molecule has 1 aromatic carbocycles. The average Bonchev–Trinajstić information content (AvgIpc) is 2.81. The molecular weight excluding hydrogens is 374 g/mol. The van der Waals surface area contributed by atoms with Gasteiger partial charge in [-0.2, -0.15) is 0 Å². The Morgan fingerprint density at radius 2 is 1.77 bits per heavy atom. The van der Waals surface area contributed by atoms with E-state index in [4.69, 9.17) is 0 Å². The van der Waals surface area contributed by atoms with E-state index < -0.39 is 0 Å². The lowest BCUT2D eigenvalue weighted by Crippen LogP contribution is -2.48. The summed E-state index contributed by atoms with van der Waals surface area (Å²) >= 11 is 0. The second kappa shape index (κ2) is 12.0. The van der Waals surface area contributed by atoms with Crippen molar-refractivity contribution >= 4 is 11.9 Å². The maximum Gasteiger partial charge on any atom is 0.241 e. The first-order chi connectivity index (χ1) is 14.5. The van der Waals surface area contributed by atoms with Crippen molar-refractivity contribution in [2.24, 2.45) is 4.99 Å². The topological polar surface area (TPSA) is 69.6 Å². The molecule has 0 aliphatic rings. The zero-order chi connectivity index (χ0) is 21.8. The molecule has 30 heavy (non-hydrogen) atoms. The molecule has 2 N–H and O–H groups in total. The number of hydrogen-bond acceptors (Lipinski definition) is 3. The summed E-state index contributed by atoms with van der Waals surface area (Å²) in [4.78, 5) is 22.8. The van der Waals surface area contributed by atoms with E-state index >= 15 is 0 Å². The van der Waals surface area contributed by atoms with E-state index in [9.17, 15) is 4.79 Å². The summed E-state index contributed by atoms with van der Waals surface area (Å²) in [5, 5.41) is 6.57. The Labute approximate surface area is 180 Å². The van der Waals surface area contributed by atoms with Crippen LogP contribution in [0.1, 0.15) is 37.9 Å². The predicted molar refractivity (Wildman–Crippen MR) is 124 cm³/mol. The largest absolute Gasteiger partial charge is 0.356 e. The molecule has 0 unspecified atom stereocenters. The Kier molecular flexibility index (Phi) is 9.32. The number of hydrogen-bond donors (Lipinski definition) is 2. The molecule has 0 saturated carbocycles. The number of carbonyl (C=O) groups excluding carboxylic acids is 1. The number of amides is 1. The first-order valence-corrected chi connectivity index (χ1v) is 10.7. The highest BCUT2D eigenvalue weighted by atomic mass is 16.2. The lowest BCUT2D eigenvalue weighted by molar-refractivity contribution is -0.128. The number of likely N-dealkylation sites (N-methyl/N-ethyl adjacent to an activating group) is 1. The molecule has 0 saturated heterocycles. The third-order valence-corrected chi connectivity index (χ3v) is 5.82. The molecule has 0 aliphatic carbocycles. The van der Waals surface area contributed by atoms with Crippen molar-refractivity contribution in [1.82, 2.24) is 20.5 Å². The molecule has 0 radical (unpaired) electrons. The van der Waals surface area contributed by atoms with Crippen LogP contribution in [0, 0.1) is 0 Å². The summed E-state index contributed by atoms with van der Waals surface area (Å²) in [6.07, 6.45) is 4.55. The van der Waals surface area contributed by atoms with Crippen molar-refractivity contribution in [1.29, 1.82) is 0 Å². The first kappa shape index (κ1) is 23.4. The van der Waals surface area contributed by atoms with Gasteiger partial charge in [-0.15, -0.1) is 0 Å². The van der Waals surface area contributed by atoms with Gasteiger partial charge < -0.3 is 15.5 Å². The number of guanidine groups is 1. The molecule has 1 aromatic heterocycles. The predicted octanol–water partition coefficient (Wildman–Crippen LogP) is 3.01. The summed E-state index contributed by atoms with van der Waals surface area (Å²) in [5.41, 5.74) is 2.34. The maximum absolute atomic E-state index is 12.5. The first-order valence-electron chi connectivity index (χ1n) is 10.7. The smallest absolute Gasteiger partial charge is 0.241 e. The third kappa shape index (κ3) is 6.58. The molecule has 6 nitrogen and oxygen atoms in total. The molecular formula is C24H35N5O. The number of nitrogens with zero attached hydrogens (tertiary/aromatic N) is 3. The second-order valence-electron chi connectivity index (χ2n) is 7.52. The van der Waals surface area contributed by atoms with Gasteiger partial charge in [-0.3, -0.25) is 14.8 Å². The Balaban J connectivity index is 1.85. The SMILES string of the molecule is CCC(CC)(CNC(=NC)NCC(=O)N(C)CCc1ccccn1)c1ccccc1. The van der Waals surface area contributed by atoms with Gasteiger partial charge in [0.1, 0.15) is 0 Å². The Bertz CT molecular complexity index is 788. The van der Waals surface area contributed by atoms with Crippen LogP contribution in [0.5, 0.6) is 0 Å². The molecule has 6 heteroatoms. The lowest BCUT2D eigenvalue weighted by Gasteiger charge is -2.33. The van der Waals surface area contributed by atoms with Crippen LogP contribution in [0.4, 0.5) is 0 Å². The highest BCUT2D eigenvalue weighted by molar-refractivity contribution is 5.86. The molecule has 0 spiro atoms. The van der Waals surface area contributed by atoms with Gasteiger partial charge in [0.25, 0.3) is 0 Å². The molecule has 2 aromatic rings. The monoisotopic (exact) mass is 409 g/mol. The molecule has 162 valence electrons. The van der Waals surface area contributed by atoms with Crippen molar-refractivity contribution < 1.29 is 4.79 Å². The van der Waals surface area contributed by atoms with Crippen LogP contribution < -0.4 is 10.6 Å². The zero-order valence-corrected chi connectivity index (χ0v) is 18.7. The molecule has 0 atom stereocenters. The van der Waals surface area contributed by atoms with Crippen molar-refractivity contribution in [2.45, 2.75) is 38.5 Å².